The van der Waals surface area contributed by atoms with Gasteiger partial charge in [0.1, 0.15) is 11.8 Å². The van der Waals surface area contributed by atoms with Crippen molar-refractivity contribution in [1.29, 1.82) is 0 Å². The fourth-order valence-corrected chi connectivity index (χ4v) is 4.78. The molecule has 1 atom stereocenters. The molecule has 0 aliphatic carbocycles. The van der Waals surface area contributed by atoms with E-state index in [1.807, 2.05) is 0 Å². The van der Waals surface area contributed by atoms with Crippen molar-refractivity contribution in [2.45, 2.75) is 10.9 Å². The molecule has 1 fully saturated rings. The monoisotopic (exact) mass is 491 g/mol. The van der Waals surface area contributed by atoms with Gasteiger partial charge in [-0.3, -0.25) is 10.0 Å². The second kappa shape index (κ2) is 9.24. The van der Waals surface area contributed by atoms with Gasteiger partial charge < -0.3 is 14.7 Å². The van der Waals surface area contributed by atoms with Crippen molar-refractivity contribution < 1.29 is 41.8 Å². The second-order valence-electron chi connectivity index (χ2n) is 6.61. The molecule has 1 saturated heterocycles. The maximum atomic E-state index is 14.6. The van der Waals surface area contributed by atoms with E-state index in [1.165, 1.54) is 29.7 Å². The minimum atomic E-state index is -4.67. The number of hydrogen-bond donors (Lipinski definition) is 3. The van der Waals surface area contributed by atoms with Gasteiger partial charge in [0.05, 0.1) is 4.90 Å². The van der Waals surface area contributed by atoms with E-state index in [-0.39, 0.29) is 12.3 Å². The standard InChI is InChI=1S/C18H16ClF2N3O7S/c19-10-1-3-11(4-2-10)31-16-13(20)7-12(8-14(16)21)32(29,30)24-6-5-23(18(26)27)9-15(24)17(25)22-28/h1-4,7-8,15,28H,5-6,9H2,(H,22,25)(H,26,27). The lowest BCUT2D eigenvalue weighted by Crippen LogP contribution is -2.61. The number of piperazine rings is 1. The van der Waals surface area contributed by atoms with Crippen molar-refractivity contribution in [3.05, 3.63) is 53.1 Å². The Bertz CT molecular complexity index is 1120. The predicted octanol–water partition coefficient (Wildman–Crippen LogP) is 2.27. The van der Waals surface area contributed by atoms with Gasteiger partial charge in [-0.2, -0.15) is 4.31 Å². The van der Waals surface area contributed by atoms with Gasteiger partial charge in [-0.15, -0.1) is 0 Å². The minimum Gasteiger partial charge on any atom is -0.465 e. The van der Waals surface area contributed by atoms with E-state index in [4.69, 9.17) is 26.7 Å². The average molecular weight is 492 g/mol. The van der Waals surface area contributed by atoms with Crippen LogP contribution >= 0.6 is 11.6 Å². The highest BCUT2D eigenvalue weighted by atomic mass is 35.5. The van der Waals surface area contributed by atoms with Crippen LogP contribution < -0.4 is 10.2 Å². The van der Waals surface area contributed by atoms with Gasteiger partial charge in [0.25, 0.3) is 5.91 Å². The SMILES string of the molecule is O=C(NO)C1CN(C(=O)O)CCN1S(=O)(=O)c1cc(F)c(Oc2ccc(Cl)cc2)c(F)c1. The molecule has 2 aromatic carbocycles. The zero-order valence-electron chi connectivity index (χ0n) is 16.0. The van der Waals surface area contributed by atoms with E-state index < -0.39 is 63.4 Å². The third-order valence-corrected chi connectivity index (χ3v) is 6.76. The van der Waals surface area contributed by atoms with Crippen LogP contribution in [0, 0.1) is 11.6 Å². The number of carbonyl (C=O) groups is 2. The zero-order valence-corrected chi connectivity index (χ0v) is 17.6. The minimum absolute atomic E-state index is 0.0484. The van der Waals surface area contributed by atoms with E-state index >= 15 is 0 Å². The quantitative estimate of drug-likeness (QED) is 0.431. The van der Waals surface area contributed by atoms with Crippen molar-refractivity contribution in [3.63, 3.8) is 0 Å². The zero-order chi connectivity index (χ0) is 23.6. The second-order valence-corrected chi connectivity index (χ2v) is 8.94. The Balaban J connectivity index is 1.94. The summed E-state index contributed by atoms with van der Waals surface area (Å²) in [4.78, 5) is 23.1. The van der Waals surface area contributed by atoms with Crippen LogP contribution in [0.5, 0.6) is 11.5 Å². The maximum Gasteiger partial charge on any atom is 0.407 e. The van der Waals surface area contributed by atoms with Gasteiger partial charge >= 0.3 is 6.09 Å². The molecule has 0 saturated carbocycles. The van der Waals surface area contributed by atoms with Gasteiger partial charge in [-0.05, 0) is 36.4 Å². The molecule has 1 heterocycles. The Labute approximate surface area is 185 Å². The molecular formula is C18H16ClF2N3O7S. The van der Waals surface area contributed by atoms with Crippen LogP contribution in [0.3, 0.4) is 0 Å². The number of sulfonamides is 1. The molecule has 0 spiro atoms. The Kier molecular flexibility index (Phi) is 6.83. The van der Waals surface area contributed by atoms with Crippen LogP contribution in [-0.4, -0.2) is 65.6 Å². The number of benzene rings is 2. The van der Waals surface area contributed by atoms with Gasteiger partial charge in [-0.1, -0.05) is 11.6 Å². The number of nitrogens with one attached hydrogen (secondary N) is 1. The number of carboxylic acid groups (broad SMARTS) is 1. The first kappa shape index (κ1) is 23.7. The van der Waals surface area contributed by atoms with Crippen LogP contribution in [0.25, 0.3) is 0 Å². The normalized spacial score (nSPS) is 17.1. The summed E-state index contributed by atoms with van der Waals surface area (Å²) >= 11 is 5.74. The fraction of sp³-hybridized carbons (Fsp3) is 0.222. The molecule has 3 N–H and O–H groups in total. The highest BCUT2D eigenvalue weighted by Gasteiger charge is 2.42. The lowest BCUT2D eigenvalue weighted by atomic mass is 10.2. The van der Waals surface area contributed by atoms with Crippen LogP contribution in [0.4, 0.5) is 13.6 Å². The summed E-state index contributed by atoms with van der Waals surface area (Å²) < 4.78 is 60.9. The maximum absolute atomic E-state index is 14.6. The van der Waals surface area contributed by atoms with Crippen molar-refractivity contribution in [2.75, 3.05) is 19.6 Å². The molecule has 2 aromatic rings. The number of rotatable bonds is 5. The molecule has 10 nitrogen and oxygen atoms in total. The van der Waals surface area contributed by atoms with E-state index in [1.54, 1.807) is 0 Å². The summed E-state index contributed by atoms with van der Waals surface area (Å²) in [5.74, 6) is -4.67. The van der Waals surface area contributed by atoms with Crippen molar-refractivity contribution in [3.8, 4) is 11.5 Å². The van der Waals surface area contributed by atoms with Crippen molar-refractivity contribution >= 4 is 33.6 Å². The number of carbonyl (C=O) groups excluding carboxylic acids is 1. The number of nitrogens with zero attached hydrogens (tertiary/aromatic N) is 2. The third-order valence-electron chi connectivity index (χ3n) is 4.63. The average Bonchev–Trinajstić information content (AvgIpc) is 2.76. The number of ether oxygens (including phenoxy) is 1. The molecule has 172 valence electrons. The molecule has 1 aliphatic heterocycles. The van der Waals surface area contributed by atoms with E-state index in [2.05, 4.69) is 0 Å². The lowest BCUT2D eigenvalue weighted by molar-refractivity contribution is -0.134. The molecule has 0 bridgehead atoms. The molecule has 3 rings (SSSR count). The predicted molar refractivity (Wildman–Crippen MR) is 105 cm³/mol. The summed E-state index contributed by atoms with van der Waals surface area (Å²) in [5.41, 5.74) is 1.27. The first-order chi connectivity index (χ1) is 15.0. The Hall–Kier alpha value is -3.00. The summed E-state index contributed by atoms with van der Waals surface area (Å²) in [6.07, 6.45) is -1.40. The number of halogens is 3. The van der Waals surface area contributed by atoms with Gasteiger partial charge in [-0.25, -0.2) is 27.5 Å². The Morgan fingerprint density at radius 2 is 1.72 bits per heavy atom. The summed E-state index contributed by atoms with van der Waals surface area (Å²) in [6.45, 7) is -1.38. The molecule has 14 heteroatoms. The smallest absolute Gasteiger partial charge is 0.407 e. The van der Waals surface area contributed by atoms with Crippen LogP contribution in [0.2, 0.25) is 5.02 Å². The Morgan fingerprint density at radius 3 is 2.25 bits per heavy atom. The molecule has 32 heavy (non-hydrogen) atoms. The van der Waals surface area contributed by atoms with Crippen LogP contribution in [0.15, 0.2) is 41.3 Å². The summed E-state index contributed by atoms with van der Waals surface area (Å²) in [6, 6.07) is 4.93. The summed E-state index contributed by atoms with van der Waals surface area (Å²) in [7, 11) is -4.67. The summed E-state index contributed by atoms with van der Waals surface area (Å²) in [5, 5.41) is 18.4. The van der Waals surface area contributed by atoms with E-state index in [9.17, 15) is 26.8 Å². The van der Waals surface area contributed by atoms with Gasteiger partial charge in [0.2, 0.25) is 10.0 Å². The highest BCUT2D eigenvalue weighted by molar-refractivity contribution is 7.89. The lowest BCUT2D eigenvalue weighted by Gasteiger charge is -2.37. The highest BCUT2D eigenvalue weighted by Crippen LogP contribution is 2.32. The largest absolute Gasteiger partial charge is 0.465 e. The van der Waals surface area contributed by atoms with Gasteiger partial charge in [0, 0.05) is 24.7 Å². The number of amides is 2. The molecule has 0 radical (unpaired) electrons. The van der Waals surface area contributed by atoms with Gasteiger partial charge in [0.15, 0.2) is 17.4 Å². The molecule has 2 amide bonds. The number of hydrogen-bond acceptors (Lipinski definition) is 6. The Morgan fingerprint density at radius 1 is 1.12 bits per heavy atom. The molecule has 0 aromatic heterocycles. The third kappa shape index (κ3) is 4.75. The first-order valence-corrected chi connectivity index (χ1v) is 10.7. The van der Waals surface area contributed by atoms with Crippen molar-refractivity contribution in [1.82, 2.24) is 14.7 Å². The first-order valence-electron chi connectivity index (χ1n) is 8.90. The molecular weight excluding hydrogens is 476 g/mol. The topological polar surface area (TPSA) is 136 Å². The van der Waals surface area contributed by atoms with Crippen molar-refractivity contribution in [2.24, 2.45) is 0 Å². The van der Waals surface area contributed by atoms with Crippen LogP contribution in [-0.2, 0) is 14.8 Å². The number of hydroxylamine groups is 1. The molecule has 1 aliphatic rings. The van der Waals surface area contributed by atoms with E-state index in [0.29, 0.717) is 21.5 Å². The van der Waals surface area contributed by atoms with Crippen LogP contribution in [0.1, 0.15) is 0 Å². The fourth-order valence-electron chi connectivity index (χ4n) is 3.05. The van der Waals surface area contributed by atoms with E-state index in [0.717, 1.165) is 4.90 Å². The molecule has 1 unspecified atom stereocenters.